The van der Waals surface area contributed by atoms with E-state index in [9.17, 15) is 0 Å². The van der Waals surface area contributed by atoms with Crippen molar-refractivity contribution in [2.75, 3.05) is 19.7 Å². The third-order valence-corrected chi connectivity index (χ3v) is 4.08. The summed E-state index contributed by atoms with van der Waals surface area (Å²) in [6, 6.07) is 4.29. The van der Waals surface area contributed by atoms with Crippen LogP contribution in [0.25, 0.3) is 0 Å². The second kappa shape index (κ2) is 8.28. The van der Waals surface area contributed by atoms with Gasteiger partial charge < -0.3 is 16.2 Å². The van der Waals surface area contributed by atoms with Gasteiger partial charge in [-0.1, -0.05) is 13.8 Å². The van der Waals surface area contributed by atoms with Crippen LogP contribution in [0.5, 0.6) is 5.75 Å². The van der Waals surface area contributed by atoms with Gasteiger partial charge in [-0.2, -0.15) is 0 Å². The Morgan fingerprint density at radius 1 is 1.10 bits per heavy atom. The predicted octanol–water partition coefficient (Wildman–Crippen LogP) is 2.80. The van der Waals surface area contributed by atoms with Gasteiger partial charge in [-0.15, -0.1) is 0 Å². The van der Waals surface area contributed by atoms with E-state index in [1.165, 1.54) is 16.7 Å². The molecule has 0 saturated carbocycles. The van der Waals surface area contributed by atoms with Crippen molar-refractivity contribution in [3.05, 3.63) is 28.8 Å². The summed E-state index contributed by atoms with van der Waals surface area (Å²) in [7, 11) is 0. The highest BCUT2D eigenvalue weighted by atomic mass is 16.5. The Morgan fingerprint density at radius 2 is 1.65 bits per heavy atom. The molecule has 1 atom stereocenters. The van der Waals surface area contributed by atoms with E-state index in [1.807, 2.05) is 0 Å². The van der Waals surface area contributed by atoms with E-state index in [0.29, 0.717) is 24.9 Å². The highest BCUT2D eigenvalue weighted by Gasteiger charge is 2.17. The van der Waals surface area contributed by atoms with Crippen LogP contribution in [0.2, 0.25) is 0 Å². The molecule has 1 aromatic carbocycles. The molecule has 3 nitrogen and oxygen atoms in total. The van der Waals surface area contributed by atoms with Gasteiger partial charge in [0.15, 0.2) is 0 Å². The summed E-state index contributed by atoms with van der Waals surface area (Å²) in [5.41, 5.74) is 15.6. The van der Waals surface area contributed by atoms with Crippen LogP contribution >= 0.6 is 0 Å². The molecule has 0 saturated heterocycles. The number of nitrogens with two attached hydrogens (primary N) is 2. The zero-order chi connectivity index (χ0) is 15.1. The summed E-state index contributed by atoms with van der Waals surface area (Å²) < 4.78 is 5.73. The molecule has 3 heteroatoms. The molecule has 1 aromatic rings. The van der Waals surface area contributed by atoms with Crippen LogP contribution in [0, 0.1) is 25.7 Å². The Balaban J connectivity index is 2.85. The monoisotopic (exact) mass is 278 g/mol. The lowest BCUT2D eigenvalue weighted by atomic mass is 9.85. The maximum atomic E-state index is 5.79. The predicted molar refractivity (Wildman–Crippen MR) is 86.2 cm³/mol. The average molecular weight is 278 g/mol. The molecule has 4 N–H and O–H groups in total. The zero-order valence-electron chi connectivity index (χ0n) is 13.4. The maximum Gasteiger partial charge on any atom is 0.119 e. The molecule has 1 rings (SSSR count). The van der Waals surface area contributed by atoms with E-state index in [1.54, 1.807) is 0 Å². The zero-order valence-corrected chi connectivity index (χ0v) is 13.4. The molecule has 0 heterocycles. The highest BCUT2D eigenvalue weighted by molar-refractivity contribution is 5.41. The first kappa shape index (κ1) is 17.0. The lowest BCUT2D eigenvalue weighted by molar-refractivity contribution is 0.316. The molecule has 0 radical (unpaired) electrons. The molecule has 0 aromatic heterocycles. The Labute approximate surface area is 123 Å². The van der Waals surface area contributed by atoms with Crippen molar-refractivity contribution in [3.63, 3.8) is 0 Å². The van der Waals surface area contributed by atoms with E-state index in [-0.39, 0.29) is 0 Å². The third kappa shape index (κ3) is 4.50. The summed E-state index contributed by atoms with van der Waals surface area (Å²) in [4.78, 5) is 0. The number of rotatable bonds is 8. The minimum atomic E-state index is 0.393. The van der Waals surface area contributed by atoms with Gasteiger partial charge in [0.2, 0.25) is 0 Å². The number of aryl methyl sites for hydroxylation is 2. The average Bonchev–Trinajstić information content (AvgIpc) is 2.42. The minimum absolute atomic E-state index is 0.393. The normalized spacial score (nSPS) is 12.8. The highest BCUT2D eigenvalue weighted by Crippen LogP contribution is 2.26. The summed E-state index contributed by atoms with van der Waals surface area (Å²) >= 11 is 0. The van der Waals surface area contributed by atoms with Crippen LogP contribution in [0.3, 0.4) is 0 Å². The Bertz CT molecular complexity index is 390. The van der Waals surface area contributed by atoms with Crippen LogP contribution in [-0.4, -0.2) is 19.7 Å². The first-order valence-electron chi connectivity index (χ1n) is 7.66. The fourth-order valence-electron chi connectivity index (χ4n) is 2.63. The first-order valence-corrected chi connectivity index (χ1v) is 7.66. The van der Waals surface area contributed by atoms with Crippen molar-refractivity contribution in [2.45, 2.75) is 40.5 Å². The van der Waals surface area contributed by atoms with Crippen molar-refractivity contribution in [2.24, 2.45) is 23.3 Å². The van der Waals surface area contributed by atoms with E-state index < -0.39 is 0 Å². The van der Waals surface area contributed by atoms with Gasteiger partial charge in [0.05, 0.1) is 6.61 Å². The number of hydrogen-bond acceptors (Lipinski definition) is 3. The molecule has 0 spiro atoms. The van der Waals surface area contributed by atoms with E-state index in [4.69, 9.17) is 16.2 Å². The van der Waals surface area contributed by atoms with Gasteiger partial charge in [0.25, 0.3) is 0 Å². The maximum absolute atomic E-state index is 5.79. The Kier molecular flexibility index (Phi) is 7.03. The Hall–Kier alpha value is -1.06. The van der Waals surface area contributed by atoms with E-state index in [2.05, 4.69) is 39.8 Å². The lowest BCUT2D eigenvalue weighted by Gasteiger charge is -2.23. The van der Waals surface area contributed by atoms with Crippen LogP contribution in [0.15, 0.2) is 12.1 Å². The van der Waals surface area contributed by atoms with Gasteiger partial charge in [0, 0.05) is 0 Å². The summed E-state index contributed by atoms with van der Waals surface area (Å²) in [5, 5.41) is 0. The van der Waals surface area contributed by atoms with Crippen molar-refractivity contribution in [3.8, 4) is 5.75 Å². The molecule has 20 heavy (non-hydrogen) atoms. The van der Waals surface area contributed by atoms with Gasteiger partial charge in [0.1, 0.15) is 5.75 Å². The van der Waals surface area contributed by atoms with Crippen molar-refractivity contribution in [1.29, 1.82) is 0 Å². The molecule has 0 aliphatic rings. The van der Waals surface area contributed by atoms with Crippen LogP contribution < -0.4 is 16.2 Å². The quantitative estimate of drug-likeness (QED) is 0.768. The minimum Gasteiger partial charge on any atom is -0.494 e. The standard InChI is InChI=1S/C17H30N2O/c1-5-6-20-16-7-13(3)17(14(4)8-16)9-12(2)15(10-18)11-19/h7-8,12,15H,5-6,9-11,18-19H2,1-4H3. The second-order valence-corrected chi connectivity index (χ2v) is 5.80. The Morgan fingerprint density at radius 3 is 2.10 bits per heavy atom. The van der Waals surface area contributed by atoms with Crippen LogP contribution in [-0.2, 0) is 6.42 Å². The van der Waals surface area contributed by atoms with E-state index >= 15 is 0 Å². The van der Waals surface area contributed by atoms with Gasteiger partial charge >= 0.3 is 0 Å². The number of benzene rings is 1. The molecule has 1 unspecified atom stereocenters. The molecule has 114 valence electrons. The largest absolute Gasteiger partial charge is 0.494 e. The first-order chi connectivity index (χ1) is 9.53. The fourth-order valence-corrected chi connectivity index (χ4v) is 2.63. The summed E-state index contributed by atoms with van der Waals surface area (Å²) in [6.45, 7) is 10.8. The number of ether oxygens (including phenoxy) is 1. The molecule has 0 amide bonds. The SMILES string of the molecule is CCCOc1cc(C)c(CC(C)C(CN)CN)c(C)c1. The van der Waals surface area contributed by atoms with Gasteiger partial charge in [-0.25, -0.2) is 0 Å². The second-order valence-electron chi connectivity index (χ2n) is 5.80. The molecule has 0 aliphatic heterocycles. The van der Waals surface area contributed by atoms with Crippen molar-refractivity contribution in [1.82, 2.24) is 0 Å². The molecular weight excluding hydrogens is 248 g/mol. The third-order valence-electron chi connectivity index (χ3n) is 4.08. The van der Waals surface area contributed by atoms with Crippen molar-refractivity contribution < 1.29 is 4.74 Å². The molecular formula is C17H30N2O. The van der Waals surface area contributed by atoms with E-state index in [0.717, 1.165) is 25.2 Å². The molecule has 0 aliphatic carbocycles. The summed E-state index contributed by atoms with van der Waals surface area (Å²) in [6.07, 6.45) is 2.07. The van der Waals surface area contributed by atoms with Crippen molar-refractivity contribution >= 4 is 0 Å². The van der Waals surface area contributed by atoms with Gasteiger partial charge in [-0.3, -0.25) is 0 Å². The molecule has 0 bridgehead atoms. The fraction of sp³-hybridized carbons (Fsp3) is 0.647. The lowest BCUT2D eigenvalue weighted by Crippen LogP contribution is -2.30. The van der Waals surface area contributed by atoms with Gasteiger partial charge in [-0.05, 0) is 80.4 Å². The van der Waals surface area contributed by atoms with Crippen LogP contribution in [0.4, 0.5) is 0 Å². The molecule has 0 fully saturated rings. The summed E-state index contributed by atoms with van der Waals surface area (Å²) in [5.74, 6) is 1.88. The smallest absolute Gasteiger partial charge is 0.119 e. The van der Waals surface area contributed by atoms with Crippen LogP contribution in [0.1, 0.15) is 37.0 Å². The number of hydrogen-bond donors (Lipinski definition) is 2. The topological polar surface area (TPSA) is 61.3 Å².